The molecule has 4 rings (SSSR count). The van der Waals surface area contributed by atoms with Crippen LogP contribution in [0.2, 0.25) is 0 Å². The minimum atomic E-state index is -4.78. The Labute approximate surface area is 204 Å². The third-order valence-electron chi connectivity index (χ3n) is 5.67. The van der Waals surface area contributed by atoms with Crippen LogP contribution in [0.15, 0.2) is 71.7 Å². The Kier molecular flexibility index (Phi) is 7.10. The number of halogens is 5. The number of carbonyl (C=O) groups excluding carboxylic acids is 1. The number of hydrogen-bond donors (Lipinski definition) is 0. The van der Waals surface area contributed by atoms with Gasteiger partial charge in [-0.05, 0) is 54.8 Å². The minimum Gasteiger partial charge on any atom is -0.463 e. The molecule has 1 aliphatic heterocycles. The number of ether oxygens (including phenoxy) is 2. The third kappa shape index (κ3) is 5.72. The van der Waals surface area contributed by atoms with Crippen molar-refractivity contribution in [2.45, 2.75) is 38.8 Å². The highest BCUT2D eigenvalue weighted by atomic mass is 19.4. The lowest BCUT2D eigenvalue weighted by Crippen LogP contribution is -2.24. The number of hydrogen-bond acceptors (Lipinski definition) is 4. The van der Waals surface area contributed by atoms with Gasteiger partial charge in [-0.3, -0.25) is 9.79 Å². The van der Waals surface area contributed by atoms with Crippen molar-refractivity contribution in [2.24, 2.45) is 10.9 Å². The predicted molar refractivity (Wildman–Crippen MR) is 124 cm³/mol. The second-order valence-corrected chi connectivity index (χ2v) is 8.61. The van der Waals surface area contributed by atoms with Gasteiger partial charge in [0.15, 0.2) is 0 Å². The van der Waals surface area contributed by atoms with E-state index >= 15 is 0 Å². The van der Waals surface area contributed by atoms with Gasteiger partial charge in [0.1, 0.15) is 17.4 Å². The van der Waals surface area contributed by atoms with Crippen LogP contribution in [0.4, 0.5) is 22.0 Å². The molecule has 1 heterocycles. The summed E-state index contributed by atoms with van der Waals surface area (Å²) in [5, 5.41) is 0. The van der Waals surface area contributed by atoms with Gasteiger partial charge in [-0.1, -0.05) is 42.5 Å². The smallest absolute Gasteiger partial charge is 0.463 e. The zero-order chi connectivity index (χ0) is 26.0. The largest absolute Gasteiger partial charge is 0.573 e. The van der Waals surface area contributed by atoms with Gasteiger partial charge in [-0.15, -0.1) is 13.2 Å². The first kappa shape index (κ1) is 25.3. The summed E-state index contributed by atoms with van der Waals surface area (Å²) < 4.78 is 75.3. The van der Waals surface area contributed by atoms with Gasteiger partial charge in [-0.25, -0.2) is 8.78 Å². The monoisotopic (exact) mass is 503 g/mol. The summed E-state index contributed by atoms with van der Waals surface area (Å²) in [6.45, 7) is 3.42. The zero-order valence-electron chi connectivity index (χ0n) is 19.4. The predicted octanol–water partition coefficient (Wildman–Crippen LogP) is 7.03. The molecule has 188 valence electrons. The van der Waals surface area contributed by atoms with E-state index in [9.17, 15) is 26.7 Å². The minimum absolute atomic E-state index is 0.0104. The molecule has 2 atom stereocenters. The molecule has 0 bridgehead atoms. The molecule has 0 amide bonds. The van der Waals surface area contributed by atoms with Crippen LogP contribution in [0.3, 0.4) is 0 Å². The van der Waals surface area contributed by atoms with Crippen LogP contribution in [0.5, 0.6) is 5.75 Å². The zero-order valence-corrected chi connectivity index (χ0v) is 19.4. The first-order valence-corrected chi connectivity index (χ1v) is 11.2. The van der Waals surface area contributed by atoms with Gasteiger partial charge in [0.25, 0.3) is 0 Å². The van der Waals surface area contributed by atoms with Crippen LogP contribution in [-0.4, -0.2) is 24.1 Å². The van der Waals surface area contributed by atoms with E-state index in [1.807, 2.05) is 0 Å². The van der Waals surface area contributed by atoms with Crippen LogP contribution in [0.1, 0.15) is 37.4 Å². The number of alkyl halides is 3. The van der Waals surface area contributed by atoms with Crippen molar-refractivity contribution in [1.82, 2.24) is 0 Å². The fourth-order valence-corrected chi connectivity index (χ4v) is 4.13. The Morgan fingerprint density at radius 1 is 0.917 bits per heavy atom. The van der Waals surface area contributed by atoms with Gasteiger partial charge in [0.05, 0.1) is 23.6 Å². The van der Waals surface area contributed by atoms with E-state index in [1.54, 1.807) is 38.1 Å². The Morgan fingerprint density at radius 3 is 2.00 bits per heavy atom. The second kappa shape index (κ2) is 10.1. The molecule has 0 saturated heterocycles. The summed E-state index contributed by atoms with van der Waals surface area (Å²) >= 11 is 0. The van der Waals surface area contributed by atoms with Crippen molar-refractivity contribution < 1.29 is 36.2 Å². The first-order valence-electron chi connectivity index (χ1n) is 11.2. The molecule has 0 saturated carbocycles. The molecule has 3 aromatic carbocycles. The normalized spacial score (nSPS) is 17.7. The van der Waals surface area contributed by atoms with Crippen molar-refractivity contribution >= 4 is 11.7 Å². The summed E-state index contributed by atoms with van der Waals surface area (Å²) in [5.41, 5.74) is 1.87. The van der Waals surface area contributed by atoms with Crippen LogP contribution in [-0.2, 0) is 9.53 Å². The van der Waals surface area contributed by atoms with E-state index in [4.69, 9.17) is 4.74 Å². The van der Waals surface area contributed by atoms with Gasteiger partial charge in [0, 0.05) is 12.1 Å². The quantitative estimate of drug-likeness (QED) is 0.268. The van der Waals surface area contributed by atoms with Gasteiger partial charge >= 0.3 is 12.3 Å². The summed E-state index contributed by atoms with van der Waals surface area (Å²) in [6.07, 6.45) is -5.14. The molecule has 36 heavy (non-hydrogen) atoms. The lowest BCUT2D eigenvalue weighted by Gasteiger charge is -2.19. The second-order valence-electron chi connectivity index (χ2n) is 8.61. The maximum absolute atomic E-state index is 14.4. The standard InChI is InChI=1S/C27H22F5NO3/c1-15(2)35-26(34)20-14-23(24-21(28)4-3-5-22(24)29)33-25(20)18-8-6-16(7-9-18)17-10-12-19(13-11-17)36-27(30,31)32/h3-13,15,20,25H,14H2,1-2H3/t20-,25-/m0/s1. The molecule has 0 aliphatic carbocycles. The molecule has 0 aromatic heterocycles. The van der Waals surface area contributed by atoms with Crippen molar-refractivity contribution in [2.75, 3.05) is 0 Å². The van der Waals surface area contributed by atoms with E-state index in [0.29, 0.717) is 16.7 Å². The molecular formula is C27H22F5NO3. The molecule has 0 spiro atoms. The van der Waals surface area contributed by atoms with Gasteiger partial charge < -0.3 is 9.47 Å². The van der Waals surface area contributed by atoms with Crippen LogP contribution < -0.4 is 4.74 Å². The number of esters is 1. The van der Waals surface area contributed by atoms with Crippen LogP contribution >= 0.6 is 0 Å². The molecule has 0 unspecified atom stereocenters. The molecule has 1 aliphatic rings. The van der Waals surface area contributed by atoms with E-state index in [1.165, 1.54) is 30.3 Å². The Bertz CT molecular complexity index is 1250. The first-order chi connectivity index (χ1) is 17.0. The molecule has 0 radical (unpaired) electrons. The Balaban J connectivity index is 1.63. The summed E-state index contributed by atoms with van der Waals surface area (Å²) in [6, 6.07) is 15.1. The number of rotatable bonds is 6. The molecular weight excluding hydrogens is 481 g/mol. The highest BCUT2D eigenvalue weighted by molar-refractivity contribution is 6.04. The van der Waals surface area contributed by atoms with Crippen molar-refractivity contribution in [1.29, 1.82) is 0 Å². The Hall–Kier alpha value is -3.75. The summed E-state index contributed by atoms with van der Waals surface area (Å²) in [4.78, 5) is 17.4. The maximum atomic E-state index is 14.4. The highest BCUT2D eigenvalue weighted by Gasteiger charge is 2.39. The molecule has 3 aromatic rings. The van der Waals surface area contributed by atoms with Gasteiger partial charge in [-0.2, -0.15) is 0 Å². The van der Waals surface area contributed by atoms with Crippen molar-refractivity contribution in [3.8, 4) is 16.9 Å². The summed E-state index contributed by atoms with van der Waals surface area (Å²) in [7, 11) is 0. The average Bonchev–Trinajstić information content (AvgIpc) is 3.23. The fraction of sp³-hybridized carbons (Fsp3) is 0.259. The molecule has 4 nitrogen and oxygen atoms in total. The number of carbonyl (C=O) groups is 1. The number of benzene rings is 3. The Morgan fingerprint density at radius 2 is 1.47 bits per heavy atom. The highest BCUT2D eigenvalue weighted by Crippen LogP contribution is 2.39. The molecule has 0 fully saturated rings. The van der Waals surface area contributed by atoms with Gasteiger partial charge in [0.2, 0.25) is 0 Å². The van der Waals surface area contributed by atoms with Crippen LogP contribution in [0, 0.1) is 17.6 Å². The van der Waals surface area contributed by atoms with Crippen molar-refractivity contribution in [3.63, 3.8) is 0 Å². The van der Waals surface area contributed by atoms with E-state index in [2.05, 4.69) is 9.73 Å². The lowest BCUT2D eigenvalue weighted by atomic mass is 9.90. The van der Waals surface area contributed by atoms with E-state index in [-0.39, 0.29) is 29.5 Å². The maximum Gasteiger partial charge on any atom is 0.573 e. The SMILES string of the molecule is CC(C)OC(=O)[C@H]1CC(c2c(F)cccc2F)=N[C@H]1c1ccc(-c2ccc(OC(F)(F)F)cc2)cc1. The molecule has 0 N–H and O–H groups in total. The topological polar surface area (TPSA) is 47.9 Å². The molecule has 9 heteroatoms. The fourth-order valence-electron chi connectivity index (χ4n) is 4.13. The summed E-state index contributed by atoms with van der Waals surface area (Å²) in [5.74, 6) is -3.15. The van der Waals surface area contributed by atoms with Crippen molar-refractivity contribution in [3.05, 3.63) is 89.5 Å². The van der Waals surface area contributed by atoms with E-state index < -0.39 is 35.9 Å². The third-order valence-corrected chi connectivity index (χ3v) is 5.67. The average molecular weight is 503 g/mol. The van der Waals surface area contributed by atoms with Crippen LogP contribution in [0.25, 0.3) is 11.1 Å². The number of aliphatic imine (C=N–C) groups is 1. The lowest BCUT2D eigenvalue weighted by molar-refractivity contribution is -0.274. The number of nitrogens with zero attached hydrogens (tertiary/aromatic N) is 1. The van der Waals surface area contributed by atoms with E-state index in [0.717, 1.165) is 12.1 Å².